The number of hydrazone groups is 1. The van der Waals surface area contributed by atoms with Crippen LogP contribution in [0.5, 0.6) is 0 Å². The van der Waals surface area contributed by atoms with Crippen molar-refractivity contribution in [3.8, 4) is 0 Å². The van der Waals surface area contributed by atoms with Gasteiger partial charge in [0.2, 0.25) is 5.91 Å². The average molecular weight is 286 g/mol. The molecule has 0 radical (unpaired) electrons. The van der Waals surface area contributed by atoms with Gasteiger partial charge in [-0.05, 0) is 11.8 Å². The zero-order chi connectivity index (χ0) is 14.2. The molecule has 2 rings (SSSR count). The number of thioether (sulfide) groups is 1. The van der Waals surface area contributed by atoms with E-state index in [4.69, 9.17) is 0 Å². The lowest BCUT2D eigenvalue weighted by Gasteiger charge is -2.00. The molecular weight excluding hydrogens is 272 g/mol. The summed E-state index contributed by atoms with van der Waals surface area (Å²) in [6, 6.07) is 9.52. The summed E-state index contributed by atoms with van der Waals surface area (Å²) in [6.45, 7) is 0. The molecular formula is C14H14N4OS. The lowest BCUT2D eigenvalue weighted by molar-refractivity contribution is -0.120. The second-order valence-electron chi connectivity index (χ2n) is 3.96. The molecule has 2 aromatic rings. The first-order valence-electron chi connectivity index (χ1n) is 6.00. The molecule has 0 atom stereocenters. The van der Waals surface area contributed by atoms with Crippen LogP contribution in [0, 0.1) is 0 Å². The van der Waals surface area contributed by atoms with E-state index in [2.05, 4.69) is 20.5 Å². The first-order chi connectivity index (χ1) is 9.78. The molecule has 1 aromatic heterocycles. The van der Waals surface area contributed by atoms with Crippen molar-refractivity contribution < 1.29 is 4.79 Å². The first-order valence-corrected chi connectivity index (χ1v) is 7.22. The van der Waals surface area contributed by atoms with E-state index in [1.165, 1.54) is 18.0 Å². The Hall–Kier alpha value is -2.21. The van der Waals surface area contributed by atoms with E-state index in [1.54, 1.807) is 12.4 Å². The molecule has 0 aliphatic carbocycles. The summed E-state index contributed by atoms with van der Waals surface area (Å²) in [4.78, 5) is 19.9. The van der Waals surface area contributed by atoms with E-state index in [1.807, 2.05) is 36.6 Å². The minimum atomic E-state index is -0.158. The topological polar surface area (TPSA) is 67.2 Å². The molecule has 0 bridgehead atoms. The second-order valence-corrected chi connectivity index (χ2v) is 4.73. The van der Waals surface area contributed by atoms with Crippen LogP contribution in [0.1, 0.15) is 11.1 Å². The lowest BCUT2D eigenvalue weighted by Crippen LogP contribution is -2.19. The van der Waals surface area contributed by atoms with Crippen LogP contribution in [-0.4, -0.2) is 28.3 Å². The SMILES string of the molecule is CSc1ncc(/C=N/NC(=O)Cc2ccccc2)cn1. The largest absolute Gasteiger partial charge is 0.273 e. The molecule has 0 saturated carbocycles. The molecule has 1 heterocycles. The van der Waals surface area contributed by atoms with Crippen LogP contribution in [0.25, 0.3) is 0 Å². The fraction of sp³-hybridized carbons (Fsp3) is 0.143. The third-order valence-electron chi connectivity index (χ3n) is 2.44. The highest BCUT2D eigenvalue weighted by atomic mass is 32.2. The molecule has 0 spiro atoms. The summed E-state index contributed by atoms with van der Waals surface area (Å²) in [7, 11) is 0. The number of hydrogen-bond donors (Lipinski definition) is 1. The summed E-state index contributed by atoms with van der Waals surface area (Å²) in [5.41, 5.74) is 4.17. The summed E-state index contributed by atoms with van der Waals surface area (Å²) in [5, 5.41) is 4.59. The monoisotopic (exact) mass is 286 g/mol. The van der Waals surface area contributed by atoms with Gasteiger partial charge in [-0.25, -0.2) is 15.4 Å². The zero-order valence-electron chi connectivity index (χ0n) is 11.0. The van der Waals surface area contributed by atoms with Gasteiger partial charge in [-0.15, -0.1) is 0 Å². The summed E-state index contributed by atoms with van der Waals surface area (Å²) >= 11 is 1.47. The molecule has 1 amide bonds. The molecule has 0 unspecified atom stereocenters. The fourth-order valence-electron chi connectivity index (χ4n) is 1.50. The number of benzene rings is 1. The maximum absolute atomic E-state index is 11.6. The smallest absolute Gasteiger partial charge is 0.244 e. The first kappa shape index (κ1) is 14.2. The molecule has 6 heteroatoms. The molecule has 1 N–H and O–H groups in total. The van der Waals surface area contributed by atoms with Crippen LogP contribution in [0.2, 0.25) is 0 Å². The van der Waals surface area contributed by atoms with Crippen molar-refractivity contribution in [3.05, 3.63) is 53.9 Å². The number of aromatic nitrogens is 2. The van der Waals surface area contributed by atoms with Gasteiger partial charge in [-0.2, -0.15) is 5.10 Å². The Morgan fingerprint density at radius 3 is 2.65 bits per heavy atom. The zero-order valence-corrected chi connectivity index (χ0v) is 11.8. The van der Waals surface area contributed by atoms with Gasteiger partial charge >= 0.3 is 0 Å². The molecule has 0 aliphatic heterocycles. The number of nitrogens with zero attached hydrogens (tertiary/aromatic N) is 3. The highest BCUT2D eigenvalue weighted by molar-refractivity contribution is 7.98. The van der Waals surface area contributed by atoms with Gasteiger partial charge in [0.15, 0.2) is 5.16 Å². The van der Waals surface area contributed by atoms with E-state index >= 15 is 0 Å². The van der Waals surface area contributed by atoms with Gasteiger partial charge in [-0.1, -0.05) is 42.1 Å². The molecule has 0 fully saturated rings. The van der Waals surface area contributed by atoms with Crippen LogP contribution in [0.15, 0.2) is 53.0 Å². The van der Waals surface area contributed by atoms with Crippen molar-refractivity contribution >= 4 is 23.9 Å². The standard InChI is InChI=1S/C14H14N4OS/c1-20-14-15-8-12(9-16-14)10-17-18-13(19)7-11-5-3-2-4-6-11/h2-6,8-10H,7H2,1H3,(H,18,19)/b17-10+. The van der Waals surface area contributed by atoms with Gasteiger partial charge < -0.3 is 0 Å². The van der Waals surface area contributed by atoms with Gasteiger partial charge in [0.05, 0.1) is 12.6 Å². The van der Waals surface area contributed by atoms with Gasteiger partial charge in [0.25, 0.3) is 0 Å². The van der Waals surface area contributed by atoms with E-state index in [0.717, 1.165) is 11.1 Å². The van der Waals surface area contributed by atoms with Crippen molar-refractivity contribution in [1.29, 1.82) is 0 Å². The quantitative estimate of drug-likeness (QED) is 0.394. The number of carbonyl (C=O) groups is 1. The minimum Gasteiger partial charge on any atom is -0.273 e. The number of rotatable bonds is 5. The van der Waals surface area contributed by atoms with Crippen molar-refractivity contribution in [2.75, 3.05) is 6.26 Å². The lowest BCUT2D eigenvalue weighted by atomic mass is 10.1. The fourth-order valence-corrected chi connectivity index (χ4v) is 1.81. The molecule has 5 nitrogen and oxygen atoms in total. The summed E-state index contributed by atoms with van der Waals surface area (Å²) in [5.74, 6) is -0.158. The molecule has 1 aromatic carbocycles. The third kappa shape index (κ3) is 4.47. The van der Waals surface area contributed by atoms with Gasteiger partial charge in [0.1, 0.15) is 0 Å². The van der Waals surface area contributed by atoms with Crippen molar-refractivity contribution in [1.82, 2.24) is 15.4 Å². The van der Waals surface area contributed by atoms with Crippen LogP contribution >= 0.6 is 11.8 Å². The summed E-state index contributed by atoms with van der Waals surface area (Å²) in [6.07, 6.45) is 7.05. The Labute approximate surface area is 121 Å². The number of nitrogens with one attached hydrogen (secondary N) is 1. The average Bonchev–Trinajstić information content (AvgIpc) is 2.49. The van der Waals surface area contributed by atoms with Crippen LogP contribution < -0.4 is 5.43 Å². The van der Waals surface area contributed by atoms with Crippen molar-refractivity contribution in [2.45, 2.75) is 11.6 Å². The number of amides is 1. The second kappa shape index (κ2) is 7.40. The number of carbonyl (C=O) groups excluding carboxylic acids is 1. The Bertz CT molecular complexity index is 584. The van der Waals surface area contributed by atoms with Crippen LogP contribution in [0.4, 0.5) is 0 Å². The normalized spacial score (nSPS) is 10.7. The molecule has 20 heavy (non-hydrogen) atoms. The summed E-state index contributed by atoms with van der Waals surface area (Å²) < 4.78 is 0. The Balaban J connectivity index is 1.84. The molecule has 102 valence electrons. The van der Waals surface area contributed by atoms with Crippen molar-refractivity contribution in [3.63, 3.8) is 0 Å². The highest BCUT2D eigenvalue weighted by Gasteiger charge is 2.00. The van der Waals surface area contributed by atoms with Gasteiger partial charge in [0, 0.05) is 18.0 Å². The Kier molecular flexibility index (Phi) is 5.25. The predicted octanol–water partition coefficient (Wildman–Crippen LogP) is 1.89. The minimum absolute atomic E-state index is 0.158. The molecule has 0 saturated heterocycles. The van der Waals surface area contributed by atoms with Crippen molar-refractivity contribution in [2.24, 2.45) is 5.10 Å². The predicted molar refractivity (Wildman–Crippen MR) is 79.7 cm³/mol. The van der Waals surface area contributed by atoms with Gasteiger partial charge in [-0.3, -0.25) is 4.79 Å². The van der Waals surface area contributed by atoms with E-state index in [-0.39, 0.29) is 5.91 Å². The molecule has 0 aliphatic rings. The van der Waals surface area contributed by atoms with Crippen LogP contribution in [-0.2, 0) is 11.2 Å². The van der Waals surface area contributed by atoms with E-state index in [0.29, 0.717) is 11.6 Å². The highest BCUT2D eigenvalue weighted by Crippen LogP contribution is 2.05. The maximum atomic E-state index is 11.6. The Morgan fingerprint density at radius 2 is 2.00 bits per heavy atom. The van der Waals surface area contributed by atoms with E-state index < -0.39 is 0 Å². The van der Waals surface area contributed by atoms with Crippen LogP contribution in [0.3, 0.4) is 0 Å². The third-order valence-corrected chi connectivity index (χ3v) is 3.02. The Morgan fingerprint density at radius 1 is 1.30 bits per heavy atom. The van der Waals surface area contributed by atoms with E-state index in [9.17, 15) is 4.79 Å². The number of hydrogen-bond acceptors (Lipinski definition) is 5. The maximum Gasteiger partial charge on any atom is 0.244 e.